The molecular weight excluding hydrogens is 154 g/mol. The minimum absolute atomic E-state index is 0. The van der Waals surface area contributed by atoms with Crippen LogP contribution in [-0.4, -0.2) is 10.2 Å². The molecule has 1 heterocycles. The summed E-state index contributed by atoms with van der Waals surface area (Å²) in [4.78, 5) is 11.1. The number of hydrogen-bond acceptors (Lipinski definition) is 3. The summed E-state index contributed by atoms with van der Waals surface area (Å²) in [5.41, 5.74) is -0.136. The molecule has 0 aliphatic rings. The van der Waals surface area contributed by atoms with Crippen LogP contribution in [0.4, 0.5) is 0 Å². The van der Waals surface area contributed by atoms with Gasteiger partial charge in [-0.3, -0.25) is 4.79 Å². The van der Waals surface area contributed by atoms with Crippen molar-refractivity contribution in [2.24, 2.45) is 0 Å². The second-order valence-electron chi connectivity index (χ2n) is 2.29. The minimum atomic E-state index is -0.136. The van der Waals surface area contributed by atoms with Gasteiger partial charge in [0.1, 0.15) is 0 Å². The Kier molecular flexibility index (Phi) is 2.21. The molecule has 0 bridgehead atoms. The summed E-state index contributed by atoms with van der Waals surface area (Å²) < 4.78 is 0. The van der Waals surface area contributed by atoms with Crippen molar-refractivity contribution in [2.45, 2.75) is 0 Å². The highest BCUT2D eigenvalue weighted by Crippen LogP contribution is 2.04. The summed E-state index contributed by atoms with van der Waals surface area (Å²) in [5, 5.41) is 7.60. The van der Waals surface area contributed by atoms with Gasteiger partial charge in [0.05, 0.1) is 6.20 Å². The van der Waals surface area contributed by atoms with E-state index >= 15 is 0 Å². The maximum Gasteiger partial charge on any atom is 0.272 e. The van der Waals surface area contributed by atoms with Gasteiger partial charge in [0.25, 0.3) is 5.56 Å². The Labute approximate surface area is 68.8 Å². The van der Waals surface area contributed by atoms with Gasteiger partial charge in [-0.05, 0) is 6.07 Å². The summed E-state index contributed by atoms with van der Waals surface area (Å²) >= 11 is 0. The molecule has 0 amide bonds. The van der Waals surface area contributed by atoms with E-state index in [1.807, 2.05) is 18.2 Å². The van der Waals surface area contributed by atoms with Crippen LogP contribution in [0.1, 0.15) is 0 Å². The van der Waals surface area contributed by atoms with E-state index in [0.29, 0.717) is 5.39 Å². The Bertz CT molecular complexity index is 430. The van der Waals surface area contributed by atoms with Gasteiger partial charge in [-0.2, -0.15) is 5.10 Å². The zero-order valence-electron chi connectivity index (χ0n) is 6.45. The van der Waals surface area contributed by atoms with E-state index in [-0.39, 0.29) is 11.7 Å². The molecule has 1 aromatic carbocycles. The van der Waals surface area contributed by atoms with E-state index in [2.05, 4.69) is 10.2 Å². The van der Waals surface area contributed by atoms with Crippen molar-refractivity contribution < 1.29 is 0 Å². The molecule has 12 heavy (non-hydrogen) atoms. The zero-order chi connectivity index (χ0) is 7.68. The van der Waals surface area contributed by atoms with Crippen molar-refractivity contribution in [1.29, 1.82) is 0 Å². The van der Waals surface area contributed by atoms with Crippen LogP contribution in [0.15, 0.2) is 35.3 Å². The second-order valence-corrected chi connectivity index (χ2v) is 2.29. The third kappa shape index (κ3) is 1.19. The van der Waals surface area contributed by atoms with Gasteiger partial charge in [-0.1, -0.05) is 18.2 Å². The van der Waals surface area contributed by atoms with Gasteiger partial charge in [0, 0.05) is 10.8 Å². The van der Waals surface area contributed by atoms with E-state index < -0.39 is 0 Å². The SMILES string of the molecule is N.O=c1[nH]ncc2ccccc12. The number of rotatable bonds is 0. The van der Waals surface area contributed by atoms with Gasteiger partial charge in [0.15, 0.2) is 0 Å². The fourth-order valence-corrected chi connectivity index (χ4v) is 1.04. The third-order valence-corrected chi connectivity index (χ3v) is 1.58. The van der Waals surface area contributed by atoms with Crippen molar-refractivity contribution in [3.05, 3.63) is 40.8 Å². The molecule has 4 heteroatoms. The molecule has 4 N–H and O–H groups in total. The number of nitrogens with zero attached hydrogens (tertiary/aromatic N) is 1. The van der Waals surface area contributed by atoms with Crippen LogP contribution in [0.3, 0.4) is 0 Å². The van der Waals surface area contributed by atoms with Crippen LogP contribution < -0.4 is 11.7 Å². The molecular formula is C8H9N3O. The monoisotopic (exact) mass is 163 g/mol. The Morgan fingerprint density at radius 1 is 1.25 bits per heavy atom. The fourth-order valence-electron chi connectivity index (χ4n) is 1.04. The lowest BCUT2D eigenvalue weighted by molar-refractivity contribution is 1.01. The van der Waals surface area contributed by atoms with Gasteiger partial charge < -0.3 is 6.15 Å². The lowest BCUT2D eigenvalue weighted by Crippen LogP contribution is -2.06. The summed E-state index contributed by atoms with van der Waals surface area (Å²) in [6.07, 6.45) is 1.64. The normalized spacial score (nSPS) is 9.33. The fraction of sp³-hybridized carbons (Fsp3) is 0. The number of fused-ring (bicyclic) bond motifs is 1. The molecule has 0 aliphatic carbocycles. The summed E-state index contributed by atoms with van der Waals surface area (Å²) in [7, 11) is 0. The summed E-state index contributed by atoms with van der Waals surface area (Å²) in [6.45, 7) is 0. The Balaban J connectivity index is 0.000000720. The molecule has 0 saturated heterocycles. The maximum absolute atomic E-state index is 11.1. The molecule has 0 unspecified atom stereocenters. The van der Waals surface area contributed by atoms with Gasteiger partial charge in [-0.15, -0.1) is 0 Å². The Hall–Kier alpha value is -1.68. The number of hydrogen-bond donors (Lipinski definition) is 2. The Morgan fingerprint density at radius 3 is 2.75 bits per heavy atom. The molecule has 0 fully saturated rings. The van der Waals surface area contributed by atoms with Crippen LogP contribution in [0.2, 0.25) is 0 Å². The largest absolute Gasteiger partial charge is 0.344 e. The highest BCUT2D eigenvalue weighted by atomic mass is 16.1. The molecule has 0 spiro atoms. The first-order valence-electron chi connectivity index (χ1n) is 3.30. The van der Waals surface area contributed by atoms with Crippen LogP contribution in [-0.2, 0) is 0 Å². The smallest absolute Gasteiger partial charge is 0.272 e. The van der Waals surface area contributed by atoms with Gasteiger partial charge in [0.2, 0.25) is 0 Å². The minimum Gasteiger partial charge on any atom is -0.344 e. The standard InChI is InChI=1S/C8H6N2O.H3N/c11-8-7-4-2-1-3-6(7)5-9-10-8;/h1-5H,(H,10,11);1H3. The Morgan fingerprint density at radius 2 is 2.00 bits per heavy atom. The van der Waals surface area contributed by atoms with Crippen LogP contribution >= 0.6 is 0 Å². The lowest BCUT2D eigenvalue weighted by atomic mass is 10.2. The maximum atomic E-state index is 11.1. The molecule has 62 valence electrons. The highest BCUT2D eigenvalue weighted by molar-refractivity contribution is 5.80. The number of H-pyrrole nitrogens is 1. The molecule has 2 aromatic rings. The zero-order valence-corrected chi connectivity index (χ0v) is 6.45. The molecule has 0 radical (unpaired) electrons. The van der Waals surface area contributed by atoms with Crippen LogP contribution in [0.25, 0.3) is 10.8 Å². The highest BCUT2D eigenvalue weighted by Gasteiger charge is 1.93. The van der Waals surface area contributed by atoms with Crippen molar-refractivity contribution in [2.75, 3.05) is 0 Å². The van der Waals surface area contributed by atoms with E-state index in [1.54, 1.807) is 12.3 Å². The van der Waals surface area contributed by atoms with E-state index in [0.717, 1.165) is 5.39 Å². The first-order valence-corrected chi connectivity index (χ1v) is 3.30. The van der Waals surface area contributed by atoms with Gasteiger partial charge in [-0.25, -0.2) is 5.10 Å². The number of nitrogens with one attached hydrogen (secondary N) is 1. The molecule has 0 atom stereocenters. The van der Waals surface area contributed by atoms with E-state index in [4.69, 9.17) is 0 Å². The molecule has 2 rings (SSSR count). The predicted octanol–water partition coefficient (Wildman–Crippen LogP) is 1.09. The van der Waals surface area contributed by atoms with Gasteiger partial charge >= 0.3 is 0 Å². The first kappa shape index (κ1) is 8.42. The second kappa shape index (κ2) is 3.15. The van der Waals surface area contributed by atoms with Crippen molar-refractivity contribution in [1.82, 2.24) is 16.3 Å². The van der Waals surface area contributed by atoms with E-state index in [9.17, 15) is 4.79 Å². The number of aromatic nitrogens is 2. The van der Waals surface area contributed by atoms with Crippen molar-refractivity contribution >= 4 is 10.8 Å². The topological polar surface area (TPSA) is 80.8 Å². The average molecular weight is 163 g/mol. The van der Waals surface area contributed by atoms with Crippen LogP contribution in [0.5, 0.6) is 0 Å². The molecule has 0 saturated carbocycles. The predicted molar refractivity (Wildman–Crippen MR) is 47.4 cm³/mol. The van der Waals surface area contributed by atoms with Crippen molar-refractivity contribution in [3.8, 4) is 0 Å². The number of benzene rings is 1. The third-order valence-electron chi connectivity index (χ3n) is 1.58. The van der Waals surface area contributed by atoms with E-state index in [1.165, 1.54) is 0 Å². The average Bonchev–Trinajstić information content (AvgIpc) is 2.06. The van der Waals surface area contributed by atoms with Crippen molar-refractivity contribution in [3.63, 3.8) is 0 Å². The summed E-state index contributed by atoms with van der Waals surface area (Å²) in [5.74, 6) is 0. The molecule has 0 aliphatic heterocycles. The number of aromatic amines is 1. The lowest BCUT2D eigenvalue weighted by Gasteiger charge is -1.91. The van der Waals surface area contributed by atoms with Crippen LogP contribution in [0, 0.1) is 0 Å². The summed E-state index contributed by atoms with van der Waals surface area (Å²) in [6, 6.07) is 7.34. The molecule has 4 nitrogen and oxygen atoms in total. The first-order chi connectivity index (χ1) is 5.38. The quantitative estimate of drug-likeness (QED) is 0.609. The molecule has 1 aromatic heterocycles.